The zero-order valence-corrected chi connectivity index (χ0v) is 20.2. The van der Waals surface area contributed by atoms with Crippen molar-refractivity contribution in [2.45, 2.75) is 11.8 Å². The number of benzene rings is 5. The third-order valence-corrected chi connectivity index (χ3v) is 7.08. The number of carbonyl (C=O) groups is 1. The number of nitrogens with one attached hydrogen (secondary N) is 1. The van der Waals surface area contributed by atoms with Gasteiger partial charge in [0.25, 0.3) is 5.91 Å². The van der Waals surface area contributed by atoms with E-state index in [1.807, 2.05) is 67.6 Å². The van der Waals surface area contributed by atoms with E-state index in [1.165, 1.54) is 18.3 Å². The summed E-state index contributed by atoms with van der Waals surface area (Å²) in [6.45, 7) is 1.88. The molecule has 0 unspecified atom stereocenters. The van der Waals surface area contributed by atoms with E-state index in [0.29, 0.717) is 11.1 Å². The van der Waals surface area contributed by atoms with Crippen molar-refractivity contribution < 1.29 is 17.4 Å². The summed E-state index contributed by atoms with van der Waals surface area (Å²) in [5, 5.41) is 7.51. The van der Waals surface area contributed by atoms with Gasteiger partial charge in [0.1, 0.15) is 4.90 Å². The molecule has 1 N–H and O–H groups in total. The molecule has 0 aliphatic rings. The van der Waals surface area contributed by atoms with E-state index in [2.05, 4.69) is 10.5 Å². The van der Waals surface area contributed by atoms with Crippen LogP contribution in [0, 0.1) is 6.92 Å². The molecule has 0 saturated carbocycles. The fraction of sp³-hybridized carbons (Fsp3) is 0.0345. The van der Waals surface area contributed by atoms with Crippen LogP contribution in [-0.4, -0.2) is 20.5 Å². The van der Waals surface area contributed by atoms with Crippen LogP contribution in [0.3, 0.4) is 0 Å². The molecule has 0 saturated heterocycles. The van der Waals surface area contributed by atoms with Gasteiger partial charge in [0.05, 0.1) is 6.21 Å². The minimum absolute atomic E-state index is 0.0494. The second-order valence-electron chi connectivity index (χ2n) is 8.27. The van der Waals surface area contributed by atoms with E-state index < -0.39 is 10.1 Å². The quantitative estimate of drug-likeness (QED) is 0.183. The van der Waals surface area contributed by atoms with Crippen LogP contribution < -0.4 is 9.61 Å². The second-order valence-corrected chi connectivity index (χ2v) is 9.82. The van der Waals surface area contributed by atoms with Crippen LogP contribution in [0.1, 0.15) is 21.5 Å². The van der Waals surface area contributed by atoms with Crippen molar-refractivity contribution in [1.29, 1.82) is 0 Å². The Morgan fingerprint density at radius 3 is 2.17 bits per heavy atom. The maximum atomic E-state index is 13.0. The van der Waals surface area contributed by atoms with Gasteiger partial charge >= 0.3 is 10.1 Å². The van der Waals surface area contributed by atoms with Crippen LogP contribution in [-0.2, 0) is 10.1 Å². The van der Waals surface area contributed by atoms with Crippen LogP contribution in [0.5, 0.6) is 5.75 Å². The molecule has 5 aromatic carbocycles. The number of carbonyl (C=O) groups excluding carboxylic acids is 1. The normalized spacial score (nSPS) is 11.7. The molecular weight excluding hydrogens is 472 g/mol. The van der Waals surface area contributed by atoms with E-state index >= 15 is 0 Å². The highest BCUT2D eigenvalue weighted by Gasteiger charge is 2.19. The summed E-state index contributed by atoms with van der Waals surface area (Å²) in [6.07, 6.45) is 1.41. The van der Waals surface area contributed by atoms with Crippen LogP contribution in [0.25, 0.3) is 21.5 Å². The Morgan fingerprint density at radius 1 is 0.778 bits per heavy atom. The van der Waals surface area contributed by atoms with E-state index in [4.69, 9.17) is 4.18 Å². The Morgan fingerprint density at radius 2 is 1.42 bits per heavy atom. The van der Waals surface area contributed by atoms with Crippen molar-refractivity contribution in [3.8, 4) is 5.75 Å². The number of fused-ring (bicyclic) bond motifs is 2. The van der Waals surface area contributed by atoms with Gasteiger partial charge in [-0.25, -0.2) is 5.43 Å². The van der Waals surface area contributed by atoms with Gasteiger partial charge < -0.3 is 4.18 Å². The highest BCUT2D eigenvalue weighted by Crippen LogP contribution is 2.29. The maximum Gasteiger partial charge on any atom is 0.339 e. The van der Waals surface area contributed by atoms with Crippen LogP contribution in [0.4, 0.5) is 0 Å². The van der Waals surface area contributed by atoms with Gasteiger partial charge in [-0.1, -0.05) is 84.4 Å². The van der Waals surface area contributed by atoms with Gasteiger partial charge in [0.2, 0.25) is 0 Å². The fourth-order valence-corrected chi connectivity index (χ4v) is 4.94. The molecule has 0 atom stereocenters. The first-order valence-electron chi connectivity index (χ1n) is 11.3. The Labute approximate surface area is 209 Å². The number of aryl methyl sites for hydroxylation is 1. The highest BCUT2D eigenvalue weighted by molar-refractivity contribution is 7.87. The minimum Gasteiger partial charge on any atom is -0.378 e. The number of hydrogen-bond donors (Lipinski definition) is 1. The summed E-state index contributed by atoms with van der Waals surface area (Å²) >= 11 is 0. The highest BCUT2D eigenvalue weighted by atomic mass is 32.2. The molecule has 6 nitrogen and oxygen atoms in total. The molecule has 0 heterocycles. The van der Waals surface area contributed by atoms with E-state index in [0.717, 1.165) is 27.1 Å². The van der Waals surface area contributed by atoms with E-state index in [9.17, 15) is 13.2 Å². The molecule has 0 aromatic heterocycles. The number of rotatable bonds is 6. The number of amides is 1. The SMILES string of the molecule is Cc1ccc(S(=O)(=O)Oc2ccc3ccccc3c2/C=N\NC(=O)c2cccc3ccccc23)cc1. The molecule has 5 rings (SSSR count). The van der Waals surface area contributed by atoms with Crippen LogP contribution >= 0.6 is 0 Å². The second kappa shape index (κ2) is 9.64. The lowest BCUT2D eigenvalue weighted by atomic mass is 10.0. The third kappa shape index (κ3) is 4.69. The molecule has 7 heteroatoms. The van der Waals surface area contributed by atoms with Crippen molar-refractivity contribution in [2.75, 3.05) is 0 Å². The largest absolute Gasteiger partial charge is 0.378 e. The summed E-state index contributed by atoms with van der Waals surface area (Å²) in [4.78, 5) is 12.9. The zero-order valence-electron chi connectivity index (χ0n) is 19.4. The third-order valence-electron chi connectivity index (χ3n) is 5.83. The van der Waals surface area contributed by atoms with Gasteiger partial charge in [0, 0.05) is 11.1 Å². The Hall–Kier alpha value is -4.49. The molecule has 5 aromatic rings. The number of hydrazone groups is 1. The molecular formula is C29H22N2O4S. The average molecular weight is 495 g/mol. The molecule has 36 heavy (non-hydrogen) atoms. The molecule has 0 bridgehead atoms. The predicted octanol–water partition coefficient (Wildman–Crippen LogP) is 5.83. The molecule has 0 radical (unpaired) electrons. The Kier molecular flexibility index (Phi) is 6.23. The lowest BCUT2D eigenvalue weighted by molar-refractivity contribution is 0.0956. The first kappa shape index (κ1) is 23.3. The average Bonchev–Trinajstić information content (AvgIpc) is 2.89. The van der Waals surface area contributed by atoms with Crippen molar-refractivity contribution in [3.05, 3.63) is 120 Å². The smallest absolute Gasteiger partial charge is 0.339 e. The van der Waals surface area contributed by atoms with Crippen molar-refractivity contribution in [3.63, 3.8) is 0 Å². The van der Waals surface area contributed by atoms with Gasteiger partial charge in [-0.05, 0) is 52.7 Å². The molecule has 1 amide bonds. The first-order valence-corrected chi connectivity index (χ1v) is 12.7. The minimum atomic E-state index is -4.08. The topological polar surface area (TPSA) is 84.8 Å². The van der Waals surface area contributed by atoms with Crippen LogP contribution in [0.15, 0.2) is 113 Å². The fourth-order valence-electron chi connectivity index (χ4n) is 3.99. The summed E-state index contributed by atoms with van der Waals surface area (Å²) in [5.41, 5.74) is 4.42. The van der Waals surface area contributed by atoms with Gasteiger partial charge in [-0.2, -0.15) is 13.5 Å². The lowest BCUT2D eigenvalue weighted by Crippen LogP contribution is -2.18. The summed E-state index contributed by atoms with van der Waals surface area (Å²) in [6, 6.07) is 30.3. The molecule has 0 spiro atoms. The first-order chi connectivity index (χ1) is 17.4. The van der Waals surface area contributed by atoms with Crippen molar-refractivity contribution >= 4 is 43.8 Å². The van der Waals surface area contributed by atoms with Crippen molar-refractivity contribution in [2.24, 2.45) is 5.10 Å². The lowest BCUT2D eigenvalue weighted by Gasteiger charge is -2.12. The van der Waals surface area contributed by atoms with Gasteiger partial charge in [-0.15, -0.1) is 0 Å². The van der Waals surface area contributed by atoms with Gasteiger partial charge in [-0.3, -0.25) is 4.79 Å². The van der Waals surface area contributed by atoms with Crippen molar-refractivity contribution in [1.82, 2.24) is 5.43 Å². The standard InChI is InChI=1S/C29H22N2O4S/c1-20-13-16-23(17-14-20)36(33,34)35-28-18-15-22-8-3-5-11-25(22)27(28)19-30-31-29(32)26-12-6-9-21-7-2-4-10-24(21)26/h2-19H,1H3,(H,31,32)/b30-19-. The molecule has 0 fully saturated rings. The van der Waals surface area contributed by atoms with Gasteiger partial charge in [0.15, 0.2) is 5.75 Å². The molecule has 178 valence electrons. The molecule has 0 aliphatic heterocycles. The Balaban J connectivity index is 1.48. The monoisotopic (exact) mass is 494 g/mol. The maximum absolute atomic E-state index is 13.0. The number of nitrogens with zero attached hydrogens (tertiary/aromatic N) is 1. The van der Waals surface area contributed by atoms with E-state index in [1.54, 1.807) is 30.3 Å². The summed E-state index contributed by atoms with van der Waals surface area (Å²) in [5.74, 6) is -0.268. The summed E-state index contributed by atoms with van der Waals surface area (Å²) < 4.78 is 31.4. The summed E-state index contributed by atoms with van der Waals surface area (Å²) in [7, 11) is -4.08. The predicted molar refractivity (Wildman–Crippen MR) is 142 cm³/mol. The Bertz CT molecular complexity index is 1720. The van der Waals surface area contributed by atoms with Crippen LogP contribution in [0.2, 0.25) is 0 Å². The number of hydrogen-bond acceptors (Lipinski definition) is 5. The molecule has 0 aliphatic carbocycles. The van der Waals surface area contributed by atoms with E-state index in [-0.39, 0.29) is 16.6 Å². The zero-order chi connectivity index (χ0) is 25.1.